The van der Waals surface area contributed by atoms with Gasteiger partial charge in [0.05, 0.1) is 19.8 Å². The Morgan fingerprint density at radius 2 is 2.13 bits per heavy atom. The van der Waals surface area contributed by atoms with Crippen LogP contribution in [0.2, 0.25) is 0 Å². The predicted molar refractivity (Wildman–Crippen MR) is 55.9 cm³/mol. The first-order chi connectivity index (χ1) is 6.60. The molecule has 1 aromatic rings. The Morgan fingerprint density at radius 1 is 1.53 bits per heavy atom. The fourth-order valence-electron chi connectivity index (χ4n) is 1.13. The molecule has 0 aliphatic rings. The Kier molecular flexibility index (Phi) is 5.35. The second-order valence-electron chi connectivity index (χ2n) is 2.83. The quantitative estimate of drug-likeness (QED) is 0.732. The van der Waals surface area contributed by atoms with Crippen LogP contribution >= 0.6 is 12.4 Å². The van der Waals surface area contributed by atoms with E-state index in [9.17, 15) is 9.50 Å². The monoisotopic (exact) mass is 237 g/mol. The van der Waals surface area contributed by atoms with E-state index < -0.39 is 11.9 Å². The highest BCUT2D eigenvalue weighted by Crippen LogP contribution is 2.33. The summed E-state index contributed by atoms with van der Waals surface area (Å²) in [6, 6.07) is 1.29. The van der Waals surface area contributed by atoms with Gasteiger partial charge in [-0.25, -0.2) is 4.39 Å². The summed E-state index contributed by atoms with van der Waals surface area (Å²) in [6.07, 6.45) is 0. The molecular weight excluding hydrogens is 225 g/mol. The van der Waals surface area contributed by atoms with Crippen LogP contribution in [0.3, 0.4) is 0 Å². The molecule has 0 bridgehead atoms. The van der Waals surface area contributed by atoms with Gasteiger partial charge in [0.15, 0.2) is 11.5 Å². The largest absolute Gasteiger partial charge is 0.504 e. The van der Waals surface area contributed by atoms with Gasteiger partial charge in [-0.15, -0.1) is 12.4 Å². The zero-order chi connectivity index (χ0) is 10.7. The summed E-state index contributed by atoms with van der Waals surface area (Å²) in [5.41, 5.74) is 5.58. The van der Waals surface area contributed by atoms with E-state index in [2.05, 4.69) is 0 Å². The smallest absolute Gasteiger partial charge is 0.163 e. The number of benzene rings is 1. The van der Waals surface area contributed by atoms with E-state index in [-0.39, 0.29) is 36.1 Å². The van der Waals surface area contributed by atoms with E-state index in [1.807, 2.05) is 0 Å². The van der Waals surface area contributed by atoms with Gasteiger partial charge >= 0.3 is 0 Å². The lowest BCUT2D eigenvalue weighted by molar-refractivity contribution is 0.263. The average Bonchev–Trinajstić information content (AvgIpc) is 2.19. The first-order valence-electron chi connectivity index (χ1n) is 4.03. The first kappa shape index (κ1) is 14.0. The van der Waals surface area contributed by atoms with Crippen molar-refractivity contribution in [2.24, 2.45) is 5.73 Å². The molecule has 0 saturated carbocycles. The van der Waals surface area contributed by atoms with Gasteiger partial charge in [-0.1, -0.05) is 0 Å². The number of aliphatic hydroxyl groups is 1. The van der Waals surface area contributed by atoms with Crippen LogP contribution in [0.25, 0.3) is 0 Å². The van der Waals surface area contributed by atoms with Gasteiger partial charge in [-0.2, -0.15) is 0 Å². The summed E-state index contributed by atoms with van der Waals surface area (Å²) in [5.74, 6) is -0.807. The summed E-state index contributed by atoms with van der Waals surface area (Å²) >= 11 is 0. The molecule has 86 valence electrons. The fraction of sp³-hybridized carbons (Fsp3) is 0.333. The van der Waals surface area contributed by atoms with Gasteiger partial charge in [-0.3, -0.25) is 0 Å². The highest BCUT2D eigenvalue weighted by molar-refractivity contribution is 5.85. The highest BCUT2D eigenvalue weighted by atomic mass is 35.5. The van der Waals surface area contributed by atoms with Crippen molar-refractivity contribution in [3.63, 3.8) is 0 Å². The molecule has 0 spiro atoms. The van der Waals surface area contributed by atoms with E-state index in [0.717, 1.165) is 12.1 Å². The van der Waals surface area contributed by atoms with Gasteiger partial charge in [0.2, 0.25) is 0 Å². The molecule has 0 aliphatic carbocycles. The van der Waals surface area contributed by atoms with E-state index in [0.29, 0.717) is 0 Å². The van der Waals surface area contributed by atoms with Crippen LogP contribution in [-0.4, -0.2) is 23.9 Å². The highest BCUT2D eigenvalue weighted by Gasteiger charge is 2.15. The van der Waals surface area contributed by atoms with Gasteiger partial charge in [0, 0.05) is 11.6 Å². The molecule has 0 radical (unpaired) electrons. The molecule has 1 aromatic carbocycles. The Labute approximate surface area is 92.9 Å². The number of phenols is 1. The summed E-state index contributed by atoms with van der Waals surface area (Å²) in [6.45, 7) is -0.375. The molecule has 0 aliphatic heterocycles. The zero-order valence-corrected chi connectivity index (χ0v) is 8.92. The Morgan fingerprint density at radius 3 is 2.60 bits per heavy atom. The lowest BCUT2D eigenvalue weighted by Crippen LogP contribution is -2.15. The molecule has 6 heteroatoms. The molecule has 4 nitrogen and oxygen atoms in total. The number of halogens is 2. The minimum atomic E-state index is -0.820. The van der Waals surface area contributed by atoms with E-state index in [4.69, 9.17) is 15.6 Å². The van der Waals surface area contributed by atoms with Gasteiger partial charge < -0.3 is 20.7 Å². The third-order valence-electron chi connectivity index (χ3n) is 1.89. The van der Waals surface area contributed by atoms with Crippen molar-refractivity contribution in [2.45, 2.75) is 6.04 Å². The Balaban J connectivity index is 0.00000196. The van der Waals surface area contributed by atoms with Gasteiger partial charge in [0.1, 0.15) is 5.82 Å². The SMILES string of the molecule is COc1cc(F)cc([C@@H](N)CO)c1O.Cl. The predicted octanol–water partition coefficient (Wildman–Crippen LogP) is 0.954. The summed E-state index contributed by atoms with van der Waals surface area (Å²) < 4.78 is 17.7. The van der Waals surface area contributed by atoms with Crippen molar-refractivity contribution in [1.29, 1.82) is 0 Å². The second-order valence-corrected chi connectivity index (χ2v) is 2.83. The number of aromatic hydroxyl groups is 1. The van der Waals surface area contributed by atoms with Gasteiger partial charge in [-0.05, 0) is 6.07 Å². The van der Waals surface area contributed by atoms with E-state index >= 15 is 0 Å². The topological polar surface area (TPSA) is 75.7 Å². The maximum absolute atomic E-state index is 13.0. The number of phenolic OH excluding ortho intramolecular Hbond substituents is 1. The second kappa shape index (κ2) is 5.75. The lowest BCUT2D eigenvalue weighted by atomic mass is 10.1. The molecule has 4 N–H and O–H groups in total. The maximum atomic E-state index is 13.0. The normalized spacial score (nSPS) is 11.7. The van der Waals surface area contributed by atoms with E-state index in [1.165, 1.54) is 7.11 Å². The minimum absolute atomic E-state index is 0. The number of ether oxygens (including phenoxy) is 1. The van der Waals surface area contributed by atoms with Crippen molar-refractivity contribution in [3.05, 3.63) is 23.5 Å². The molecule has 0 aromatic heterocycles. The third-order valence-corrected chi connectivity index (χ3v) is 1.89. The van der Waals surface area contributed by atoms with Crippen molar-refractivity contribution < 1.29 is 19.3 Å². The standard InChI is InChI=1S/C9H12FNO3.ClH/c1-14-8-3-5(10)2-6(9(8)13)7(11)4-12;/h2-3,7,12-13H,4,11H2,1H3;1H/t7-;/m0./s1. The molecule has 0 fully saturated rings. The average molecular weight is 238 g/mol. The summed E-state index contributed by atoms with van der Waals surface area (Å²) in [4.78, 5) is 0. The minimum Gasteiger partial charge on any atom is -0.504 e. The van der Waals surface area contributed by atoms with Crippen LogP contribution in [0.15, 0.2) is 12.1 Å². The number of methoxy groups -OCH3 is 1. The molecule has 1 atom stereocenters. The molecule has 0 amide bonds. The van der Waals surface area contributed by atoms with Crippen molar-refractivity contribution >= 4 is 12.4 Å². The summed E-state index contributed by atoms with van der Waals surface area (Å²) in [5, 5.41) is 18.3. The Bertz CT molecular complexity index is 335. The first-order valence-corrected chi connectivity index (χ1v) is 4.03. The van der Waals surface area contributed by atoms with Crippen LogP contribution < -0.4 is 10.5 Å². The molecule has 0 saturated heterocycles. The number of nitrogens with two attached hydrogens (primary N) is 1. The maximum Gasteiger partial charge on any atom is 0.163 e. The number of aliphatic hydroxyl groups excluding tert-OH is 1. The van der Waals surface area contributed by atoms with Crippen LogP contribution in [0.1, 0.15) is 11.6 Å². The van der Waals surface area contributed by atoms with Crippen molar-refractivity contribution in [2.75, 3.05) is 13.7 Å². The zero-order valence-electron chi connectivity index (χ0n) is 8.11. The lowest BCUT2D eigenvalue weighted by Gasteiger charge is -2.13. The third kappa shape index (κ3) is 2.95. The number of hydrogen-bond acceptors (Lipinski definition) is 4. The fourth-order valence-corrected chi connectivity index (χ4v) is 1.13. The van der Waals surface area contributed by atoms with Crippen LogP contribution in [0.5, 0.6) is 11.5 Å². The molecule has 0 heterocycles. The summed E-state index contributed by atoms with van der Waals surface area (Å²) in [7, 11) is 1.31. The molecular formula is C9H13ClFNO3. The number of hydrogen-bond donors (Lipinski definition) is 3. The Hall–Kier alpha value is -1.04. The van der Waals surface area contributed by atoms with Crippen molar-refractivity contribution in [3.8, 4) is 11.5 Å². The van der Waals surface area contributed by atoms with Gasteiger partial charge in [0.25, 0.3) is 0 Å². The molecule has 0 unspecified atom stereocenters. The van der Waals surface area contributed by atoms with E-state index in [1.54, 1.807) is 0 Å². The molecule has 1 rings (SSSR count). The van der Waals surface area contributed by atoms with Crippen LogP contribution in [0, 0.1) is 5.82 Å². The molecule has 15 heavy (non-hydrogen) atoms. The van der Waals surface area contributed by atoms with Crippen molar-refractivity contribution in [1.82, 2.24) is 0 Å². The van der Waals surface area contributed by atoms with Crippen LogP contribution in [-0.2, 0) is 0 Å². The number of rotatable bonds is 3. The van der Waals surface area contributed by atoms with Crippen LogP contribution in [0.4, 0.5) is 4.39 Å².